The molecule has 5 aromatic rings. The van der Waals surface area contributed by atoms with Crippen LogP contribution in [0.3, 0.4) is 0 Å². The van der Waals surface area contributed by atoms with E-state index in [0.29, 0.717) is 43.6 Å². The van der Waals surface area contributed by atoms with Crippen LogP contribution in [0.15, 0.2) is 81.0 Å². The number of nitrogens with zero attached hydrogens (tertiary/aromatic N) is 3. The fourth-order valence-electron chi connectivity index (χ4n) is 3.66. The molecule has 176 valence electrons. The first-order valence-corrected chi connectivity index (χ1v) is 11.9. The second-order valence-electron chi connectivity index (χ2n) is 8.13. The Labute approximate surface area is 211 Å². The summed E-state index contributed by atoms with van der Waals surface area (Å²) in [5.74, 6) is 1.28. The van der Waals surface area contributed by atoms with Crippen LogP contribution in [0.25, 0.3) is 33.5 Å². The first-order chi connectivity index (χ1) is 16.9. The summed E-state index contributed by atoms with van der Waals surface area (Å²) in [5.41, 5.74) is 1.48. The lowest BCUT2D eigenvalue weighted by Gasteiger charge is -2.15. The summed E-state index contributed by atoms with van der Waals surface area (Å²) in [4.78, 5) is 18.2. The van der Waals surface area contributed by atoms with E-state index in [-0.39, 0.29) is 17.5 Å². The fraction of sp³-hybridized carbons (Fsp3) is 0.148. The molecule has 3 aromatic carbocycles. The fourth-order valence-corrected chi connectivity index (χ4v) is 4.02. The molecule has 0 N–H and O–H groups in total. The molecule has 2 aromatic heterocycles. The molecule has 0 saturated carbocycles. The Hall–Kier alpha value is -3.61. The summed E-state index contributed by atoms with van der Waals surface area (Å²) in [6.45, 7) is 4.03. The summed E-state index contributed by atoms with van der Waals surface area (Å²) in [7, 11) is 0. The van der Waals surface area contributed by atoms with Gasteiger partial charge in [0.2, 0.25) is 5.82 Å². The van der Waals surface area contributed by atoms with Crippen molar-refractivity contribution in [2.24, 2.45) is 5.10 Å². The van der Waals surface area contributed by atoms with Crippen molar-refractivity contribution in [3.05, 3.63) is 92.7 Å². The molecule has 0 aliphatic rings. The standard InChI is InChI=1S/C27H21Cl2N3O3/c1-3-16(2)34-24-11-9-20(29)13-18(24)15-30-32-26(31-22-7-5-4-6-21(22)27(32)33)25-14-17-12-19(28)8-10-23(17)35-25/h4-16H,3H2,1-2H3/t16-/m0/s1. The normalized spacial score (nSPS) is 12.6. The van der Waals surface area contributed by atoms with Crippen LogP contribution in [0.1, 0.15) is 25.8 Å². The van der Waals surface area contributed by atoms with Gasteiger partial charge in [-0.3, -0.25) is 4.79 Å². The van der Waals surface area contributed by atoms with E-state index in [4.69, 9.17) is 37.3 Å². The third-order valence-corrected chi connectivity index (χ3v) is 6.11. The molecular weight excluding hydrogens is 485 g/mol. The maximum Gasteiger partial charge on any atom is 0.282 e. The Balaban J connectivity index is 1.69. The summed E-state index contributed by atoms with van der Waals surface area (Å²) in [6.07, 6.45) is 2.39. The Morgan fingerprint density at radius 1 is 1.09 bits per heavy atom. The highest BCUT2D eigenvalue weighted by Gasteiger charge is 2.17. The van der Waals surface area contributed by atoms with Gasteiger partial charge in [-0.05, 0) is 67.9 Å². The van der Waals surface area contributed by atoms with Crippen molar-refractivity contribution in [2.75, 3.05) is 0 Å². The largest absolute Gasteiger partial charge is 0.490 e. The van der Waals surface area contributed by atoms with E-state index in [0.717, 1.165) is 11.8 Å². The van der Waals surface area contributed by atoms with Gasteiger partial charge in [-0.15, -0.1) is 0 Å². The van der Waals surface area contributed by atoms with E-state index in [1.807, 2.05) is 19.9 Å². The van der Waals surface area contributed by atoms with Crippen LogP contribution in [0.2, 0.25) is 10.0 Å². The van der Waals surface area contributed by atoms with Gasteiger partial charge in [-0.1, -0.05) is 42.3 Å². The van der Waals surface area contributed by atoms with E-state index < -0.39 is 0 Å². The number of benzene rings is 3. The van der Waals surface area contributed by atoms with Crippen molar-refractivity contribution in [2.45, 2.75) is 26.4 Å². The highest BCUT2D eigenvalue weighted by Crippen LogP contribution is 2.29. The number of rotatable bonds is 6. The number of fused-ring (bicyclic) bond motifs is 2. The SMILES string of the molecule is CC[C@H](C)Oc1ccc(Cl)cc1C=Nn1c(-c2cc3cc(Cl)ccc3o2)nc2ccccc2c1=O. The molecule has 0 amide bonds. The topological polar surface area (TPSA) is 69.6 Å². The first-order valence-electron chi connectivity index (χ1n) is 11.1. The number of furan rings is 1. The maximum absolute atomic E-state index is 13.5. The van der Waals surface area contributed by atoms with Gasteiger partial charge >= 0.3 is 0 Å². The van der Waals surface area contributed by atoms with Crippen LogP contribution in [-0.4, -0.2) is 22.0 Å². The van der Waals surface area contributed by atoms with Crippen LogP contribution >= 0.6 is 23.2 Å². The number of hydrogen-bond acceptors (Lipinski definition) is 5. The lowest BCUT2D eigenvalue weighted by atomic mass is 10.2. The van der Waals surface area contributed by atoms with Gasteiger partial charge in [0.25, 0.3) is 5.56 Å². The van der Waals surface area contributed by atoms with Gasteiger partial charge in [-0.25, -0.2) is 4.98 Å². The zero-order chi connectivity index (χ0) is 24.5. The molecule has 2 heterocycles. The van der Waals surface area contributed by atoms with Crippen molar-refractivity contribution in [1.29, 1.82) is 0 Å². The molecule has 1 atom stereocenters. The van der Waals surface area contributed by atoms with E-state index >= 15 is 0 Å². The van der Waals surface area contributed by atoms with Crippen LogP contribution < -0.4 is 10.3 Å². The minimum atomic E-state index is -0.327. The molecule has 8 heteroatoms. The maximum atomic E-state index is 13.5. The molecule has 0 aliphatic carbocycles. The number of para-hydroxylation sites is 1. The lowest BCUT2D eigenvalue weighted by Crippen LogP contribution is -2.20. The van der Waals surface area contributed by atoms with E-state index in [2.05, 4.69) is 5.10 Å². The molecule has 0 radical (unpaired) electrons. The molecule has 0 fully saturated rings. The third kappa shape index (κ3) is 4.67. The average molecular weight is 506 g/mol. The first kappa shape index (κ1) is 23.1. The van der Waals surface area contributed by atoms with Gasteiger partial charge in [0.15, 0.2) is 5.76 Å². The van der Waals surface area contributed by atoms with Crippen molar-refractivity contribution < 1.29 is 9.15 Å². The predicted molar refractivity (Wildman–Crippen MR) is 141 cm³/mol. The summed E-state index contributed by atoms with van der Waals surface area (Å²) in [6, 6.07) is 19.5. The molecule has 5 rings (SSSR count). The Morgan fingerprint density at radius 3 is 2.69 bits per heavy atom. The number of hydrogen-bond donors (Lipinski definition) is 0. The van der Waals surface area contributed by atoms with Crippen molar-refractivity contribution in [1.82, 2.24) is 9.66 Å². The lowest BCUT2D eigenvalue weighted by molar-refractivity contribution is 0.217. The Bertz CT molecular complexity index is 1640. The zero-order valence-electron chi connectivity index (χ0n) is 19.0. The third-order valence-electron chi connectivity index (χ3n) is 5.64. The number of halogens is 2. The zero-order valence-corrected chi connectivity index (χ0v) is 20.5. The average Bonchev–Trinajstić information content (AvgIpc) is 3.27. The van der Waals surface area contributed by atoms with Gasteiger partial charge in [0.05, 0.1) is 23.2 Å². The molecule has 0 saturated heterocycles. The quantitative estimate of drug-likeness (QED) is 0.229. The van der Waals surface area contributed by atoms with Crippen molar-refractivity contribution in [3.8, 4) is 17.3 Å². The molecule has 35 heavy (non-hydrogen) atoms. The minimum Gasteiger partial charge on any atom is -0.490 e. The van der Waals surface area contributed by atoms with E-state index in [1.54, 1.807) is 66.9 Å². The number of ether oxygens (including phenoxy) is 1. The molecular formula is C27H21Cl2N3O3. The van der Waals surface area contributed by atoms with Crippen molar-refractivity contribution >= 4 is 51.3 Å². The summed E-state index contributed by atoms with van der Waals surface area (Å²) < 4.78 is 13.3. The van der Waals surface area contributed by atoms with Gasteiger partial charge in [0.1, 0.15) is 11.3 Å². The Kier molecular flexibility index (Phi) is 6.32. The number of aromatic nitrogens is 2. The molecule has 0 bridgehead atoms. The van der Waals surface area contributed by atoms with E-state index in [9.17, 15) is 4.79 Å². The summed E-state index contributed by atoms with van der Waals surface area (Å²) >= 11 is 12.4. The minimum absolute atomic E-state index is 0.00585. The smallest absolute Gasteiger partial charge is 0.282 e. The van der Waals surface area contributed by atoms with Crippen LogP contribution in [0.5, 0.6) is 5.75 Å². The second-order valence-corrected chi connectivity index (χ2v) is 9.00. The van der Waals surface area contributed by atoms with Gasteiger partial charge in [-0.2, -0.15) is 9.78 Å². The molecule has 0 aliphatic heterocycles. The monoisotopic (exact) mass is 505 g/mol. The highest BCUT2D eigenvalue weighted by atomic mass is 35.5. The molecule has 6 nitrogen and oxygen atoms in total. The van der Waals surface area contributed by atoms with Crippen LogP contribution in [0, 0.1) is 0 Å². The Morgan fingerprint density at radius 2 is 1.86 bits per heavy atom. The molecule has 0 unspecified atom stereocenters. The van der Waals surface area contributed by atoms with Gasteiger partial charge < -0.3 is 9.15 Å². The second kappa shape index (κ2) is 9.56. The van der Waals surface area contributed by atoms with Gasteiger partial charge in [0, 0.05) is 21.0 Å². The van der Waals surface area contributed by atoms with Crippen molar-refractivity contribution in [3.63, 3.8) is 0 Å². The van der Waals surface area contributed by atoms with Crippen LogP contribution in [-0.2, 0) is 0 Å². The highest BCUT2D eigenvalue weighted by molar-refractivity contribution is 6.31. The molecule has 0 spiro atoms. The van der Waals surface area contributed by atoms with Crippen LogP contribution in [0.4, 0.5) is 0 Å². The van der Waals surface area contributed by atoms with E-state index in [1.165, 1.54) is 4.68 Å². The predicted octanol–water partition coefficient (Wildman–Crippen LogP) is 7.18. The summed E-state index contributed by atoms with van der Waals surface area (Å²) in [5, 5.41) is 6.87.